The second-order valence-corrected chi connectivity index (χ2v) is 6.17. The SMILES string of the molecule is CCC(C)C(NC(=O)CCC(=O)NC1CCCCC1)C(=O)O. The molecule has 0 aliphatic heterocycles. The number of amides is 2. The van der Waals surface area contributed by atoms with E-state index in [0.717, 1.165) is 25.7 Å². The monoisotopic (exact) mass is 312 g/mol. The van der Waals surface area contributed by atoms with E-state index >= 15 is 0 Å². The molecule has 2 atom stereocenters. The van der Waals surface area contributed by atoms with Crippen molar-refractivity contribution in [3.05, 3.63) is 0 Å². The summed E-state index contributed by atoms with van der Waals surface area (Å²) in [6.45, 7) is 3.67. The molecule has 1 aliphatic rings. The zero-order valence-corrected chi connectivity index (χ0v) is 13.6. The van der Waals surface area contributed by atoms with Crippen LogP contribution in [-0.4, -0.2) is 35.0 Å². The van der Waals surface area contributed by atoms with Crippen LogP contribution in [0.25, 0.3) is 0 Å². The van der Waals surface area contributed by atoms with Gasteiger partial charge in [-0.1, -0.05) is 39.5 Å². The summed E-state index contributed by atoms with van der Waals surface area (Å²) in [6, 6.07) is -0.657. The van der Waals surface area contributed by atoms with Crippen molar-refractivity contribution in [3.8, 4) is 0 Å². The highest BCUT2D eigenvalue weighted by Crippen LogP contribution is 2.17. The summed E-state index contributed by atoms with van der Waals surface area (Å²) < 4.78 is 0. The van der Waals surface area contributed by atoms with Crippen molar-refractivity contribution in [2.75, 3.05) is 0 Å². The molecule has 0 heterocycles. The van der Waals surface area contributed by atoms with Gasteiger partial charge in [0, 0.05) is 18.9 Å². The molecule has 1 saturated carbocycles. The van der Waals surface area contributed by atoms with Crippen molar-refractivity contribution in [3.63, 3.8) is 0 Å². The Morgan fingerprint density at radius 2 is 1.68 bits per heavy atom. The number of nitrogens with one attached hydrogen (secondary N) is 2. The fraction of sp³-hybridized carbons (Fsp3) is 0.812. The average Bonchev–Trinajstić information content (AvgIpc) is 2.50. The number of hydrogen-bond acceptors (Lipinski definition) is 3. The molecule has 2 amide bonds. The van der Waals surface area contributed by atoms with Gasteiger partial charge in [-0.05, 0) is 18.8 Å². The fourth-order valence-corrected chi connectivity index (χ4v) is 2.70. The lowest BCUT2D eigenvalue weighted by Crippen LogP contribution is -2.45. The molecule has 3 N–H and O–H groups in total. The van der Waals surface area contributed by atoms with Crippen LogP contribution in [0.3, 0.4) is 0 Å². The van der Waals surface area contributed by atoms with Gasteiger partial charge in [-0.2, -0.15) is 0 Å². The minimum Gasteiger partial charge on any atom is -0.480 e. The molecule has 0 aromatic heterocycles. The number of carbonyl (C=O) groups excluding carboxylic acids is 2. The van der Waals surface area contributed by atoms with E-state index in [-0.39, 0.29) is 36.6 Å². The number of aliphatic carboxylic acids is 1. The quantitative estimate of drug-likeness (QED) is 0.637. The van der Waals surface area contributed by atoms with Crippen LogP contribution in [0.1, 0.15) is 65.2 Å². The highest BCUT2D eigenvalue weighted by molar-refractivity contribution is 5.87. The van der Waals surface area contributed by atoms with Crippen molar-refractivity contribution in [2.45, 2.75) is 77.3 Å². The predicted octanol–water partition coefficient (Wildman–Crippen LogP) is 1.83. The van der Waals surface area contributed by atoms with E-state index in [9.17, 15) is 14.4 Å². The Kier molecular flexibility index (Phi) is 7.91. The largest absolute Gasteiger partial charge is 0.480 e. The predicted molar refractivity (Wildman–Crippen MR) is 83.3 cm³/mol. The van der Waals surface area contributed by atoms with E-state index in [1.165, 1.54) is 6.42 Å². The van der Waals surface area contributed by atoms with E-state index in [0.29, 0.717) is 6.42 Å². The first-order valence-electron chi connectivity index (χ1n) is 8.25. The molecular formula is C16H28N2O4. The maximum absolute atomic E-state index is 11.8. The lowest BCUT2D eigenvalue weighted by atomic mass is 9.95. The topological polar surface area (TPSA) is 95.5 Å². The zero-order valence-electron chi connectivity index (χ0n) is 13.6. The number of carboxylic acid groups (broad SMARTS) is 1. The molecule has 0 aromatic carbocycles. The lowest BCUT2D eigenvalue weighted by Gasteiger charge is -2.23. The number of carbonyl (C=O) groups is 3. The zero-order chi connectivity index (χ0) is 16.5. The molecule has 6 nitrogen and oxygen atoms in total. The summed E-state index contributed by atoms with van der Waals surface area (Å²) in [4.78, 5) is 34.8. The van der Waals surface area contributed by atoms with Gasteiger partial charge >= 0.3 is 5.97 Å². The minimum atomic E-state index is -1.03. The van der Waals surface area contributed by atoms with Crippen LogP contribution in [0.2, 0.25) is 0 Å². The van der Waals surface area contributed by atoms with Gasteiger partial charge in [0.1, 0.15) is 6.04 Å². The molecule has 126 valence electrons. The van der Waals surface area contributed by atoms with Crippen LogP contribution < -0.4 is 10.6 Å². The number of hydrogen-bond donors (Lipinski definition) is 3. The summed E-state index contributed by atoms with van der Waals surface area (Å²) >= 11 is 0. The molecule has 0 bridgehead atoms. The molecule has 22 heavy (non-hydrogen) atoms. The highest BCUT2D eigenvalue weighted by Gasteiger charge is 2.25. The Morgan fingerprint density at radius 3 is 2.23 bits per heavy atom. The van der Waals surface area contributed by atoms with Crippen LogP contribution >= 0.6 is 0 Å². The molecule has 0 spiro atoms. The van der Waals surface area contributed by atoms with Gasteiger partial charge in [-0.3, -0.25) is 9.59 Å². The van der Waals surface area contributed by atoms with Gasteiger partial charge < -0.3 is 15.7 Å². The molecule has 0 aromatic rings. The lowest BCUT2D eigenvalue weighted by molar-refractivity contribution is -0.143. The maximum Gasteiger partial charge on any atom is 0.326 e. The molecule has 1 rings (SSSR count). The first kappa shape index (κ1) is 18.5. The number of carboxylic acids is 1. The van der Waals surface area contributed by atoms with E-state index in [2.05, 4.69) is 10.6 Å². The summed E-state index contributed by atoms with van der Waals surface area (Å²) in [6.07, 6.45) is 6.32. The Morgan fingerprint density at radius 1 is 1.09 bits per heavy atom. The molecular weight excluding hydrogens is 284 g/mol. The van der Waals surface area contributed by atoms with Crippen LogP contribution in [-0.2, 0) is 14.4 Å². The summed E-state index contributed by atoms with van der Waals surface area (Å²) in [5.41, 5.74) is 0. The average molecular weight is 312 g/mol. The molecule has 0 saturated heterocycles. The van der Waals surface area contributed by atoms with Gasteiger partial charge in [0.25, 0.3) is 0 Å². The van der Waals surface area contributed by atoms with Gasteiger partial charge in [-0.15, -0.1) is 0 Å². The smallest absolute Gasteiger partial charge is 0.326 e. The van der Waals surface area contributed by atoms with Crippen LogP contribution in [0.5, 0.6) is 0 Å². The third kappa shape index (κ3) is 6.45. The molecule has 6 heteroatoms. The van der Waals surface area contributed by atoms with E-state index in [4.69, 9.17) is 5.11 Å². The number of rotatable bonds is 8. The second-order valence-electron chi connectivity index (χ2n) is 6.17. The van der Waals surface area contributed by atoms with E-state index in [1.807, 2.05) is 6.92 Å². The Bertz CT molecular complexity index is 392. The van der Waals surface area contributed by atoms with Gasteiger partial charge in [0.2, 0.25) is 11.8 Å². The van der Waals surface area contributed by atoms with E-state index < -0.39 is 12.0 Å². The van der Waals surface area contributed by atoms with Crippen molar-refractivity contribution < 1.29 is 19.5 Å². The summed E-state index contributed by atoms with van der Waals surface area (Å²) in [7, 11) is 0. The molecule has 2 unspecified atom stereocenters. The highest BCUT2D eigenvalue weighted by atomic mass is 16.4. The minimum absolute atomic E-state index is 0.0266. The fourth-order valence-electron chi connectivity index (χ4n) is 2.70. The summed E-state index contributed by atoms with van der Waals surface area (Å²) in [5, 5.41) is 14.6. The van der Waals surface area contributed by atoms with Gasteiger partial charge in [-0.25, -0.2) is 4.79 Å². The third-order valence-electron chi connectivity index (χ3n) is 4.34. The van der Waals surface area contributed by atoms with Crippen molar-refractivity contribution >= 4 is 17.8 Å². The van der Waals surface area contributed by atoms with E-state index in [1.54, 1.807) is 6.92 Å². The standard InChI is InChI=1S/C16H28N2O4/c1-3-11(2)15(16(21)22)18-14(20)10-9-13(19)17-12-7-5-4-6-8-12/h11-12,15H,3-10H2,1-2H3,(H,17,19)(H,18,20)(H,21,22). The molecule has 0 radical (unpaired) electrons. The Labute approximate surface area is 132 Å². The van der Waals surface area contributed by atoms with Crippen LogP contribution in [0, 0.1) is 5.92 Å². The third-order valence-corrected chi connectivity index (χ3v) is 4.34. The summed E-state index contributed by atoms with van der Waals surface area (Å²) in [5.74, 6) is -1.68. The van der Waals surface area contributed by atoms with Crippen LogP contribution in [0.4, 0.5) is 0 Å². The maximum atomic E-state index is 11.8. The molecule has 1 fully saturated rings. The Hall–Kier alpha value is -1.59. The molecule has 1 aliphatic carbocycles. The second kappa shape index (κ2) is 9.43. The van der Waals surface area contributed by atoms with Gasteiger partial charge in [0.05, 0.1) is 0 Å². The van der Waals surface area contributed by atoms with Crippen molar-refractivity contribution in [1.82, 2.24) is 10.6 Å². The van der Waals surface area contributed by atoms with Crippen molar-refractivity contribution in [1.29, 1.82) is 0 Å². The Balaban J connectivity index is 2.31. The normalized spacial score (nSPS) is 18.3. The first-order chi connectivity index (χ1) is 10.4. The van der Waals surface area contributed by atoms with Gasteiger partial charge in [0.15, 0.2) is 0 Å². The van der Waals surface area contributed by atoms with Crippen molar-refractivity contribution in [2.24, 2.45) is 5.92 Å². The van der Waals surface area contributed by atoms with Crippen LogP contribution in [0.15, 0.2) is 0 Å². The first-order valence-corrected chi connectivity index (χ1v) is 8.25.